The van der Waals surface area contributed by atoms with E-state index >= 15 is 0 Å². The highest BCUT2D eigenvalue weighted by Gasteiger charge is 2.33. The molecule has 0 heterocycles. The van der Waals surface area contributed by atoms with E-state index in [9.17, 15) is 0 Å². The van der Waals surface area contributed by atoms with Crippen molar-refractivity contribution < 1.29 is 0 Å². The molecule has 1 fully saturated rings. The van der Waals surface area contributed by atoms with Crippen molar-refractivity contribution in [1.82, 2.24) is 0 Å². The smallest absolute Gasteiger partial charge is 0.0891 e. The van der Waals surface area contributed by atoms with Crippen molar-refractivity contribution in [1.29, 1.82) is 0 Å². The van der Waals surface area contributed by atoms with Crippen molar-refractivity contribution in [2.75, 3.05) is 0 Å². The van der Waals surface area contributed by atoms with Gasteiger partial charge >= 0.3 is 0 Å². The SMILES string of the molecule is CC(Br)C(Br)(Br)CC1CCCC(Br)C1. The molecule has 0 amide bonds. The molecule has 0 N–H and O–H groups in total. The highest BCUT2D eigenvalue weighted by atomic mass is 79.9. The van der Waals surface area contributed by atoms with Gasteiger partial charge in [0.25, 0.3) is 0 Å². The summed E-state index contributed by atoms with van der Waals surface area (Å²) in [5.41, 5.74) is 0. The standard InChI is InChI=1S/C10H16Br4/c1-7(11)10(13,14)6-8-3-2-4-9(12)5-8/h7-9H,2-6H2,1H3. The van der Waals surface area contributed by atoms with Gasteiger partial charge in [0.1, 0.15) is 0 Å². The van der Waals surface area contributed by atoms with Gasteiger partial charge < -0.3 is 0 Å². The normalized spacial score (nSPS) is 31.5. The van der Waals surface area contributed by atoms with Crippen molar-refractivity contribution in [2.24, 2.45) is 5.92 Å². The summed E-state index contributed by atoms with van der Waals surface area (Å²) in [4.78, 5) is 1.19. The zero-order valence-corrected chi connectivity index (χ0v) is 14.6. The molecule has 1 rings (SSSR count). The lowest BCUT2D eigenvalue weighted by atomic mass is 9.85. The maximum absolute atomic E-state index is 3.76. The Morgan fingerprint density at radius 2 is 2.00 bits per heavy atom. The van der Waals surface area contributed by atoms with Crippen LogP contribution in [-0.4, -0.2) is 12.9 Å². The lowest BCUT2D eigenvalue weighted by Crippen LogP contribution is -2.28. The average molecular weight is 456 g/mol. The number of hydrogen-bond acceptors (Lipinski definition) is 0. The van der Waals surface area contributed by atoms with E-state index in [-0.39, 0.29) is 3.23 Å². The quantitative estimate of drug-likeness (QED) is 0.486. The molecule has 0 aromatic rings. The van der Waals surface area contributed by atoms with E-state index in [0.717, 1.165) is 10.7 Å². The summed E-state index contributed by atoms with van der Waals surface area (Å²) < 4.78 is 0.0642. The first kappa shape index (κ1) is 14.0. The molecular weight excluding hydrogens is 440 g/mol. The maximum Gasteiger partial charge on any atom is 0.0929 e. The summed E-state index contributed by atoms with van der Waals surface area (Å²) in [5, 5.41) is 0. The number of hydrogen-bond donors (Lipinski definition) is 0. The predicted molar refractivity (Wildman–Crippen MR) is 78.3 cm³/mol. The fourth-order valence-electron chi connectivity index (χ4n) is 1.96. The zero-order chi connectivity index (χ0) is 10.8. The molecule has 14 heavy (non-hydrogen) atoms. The van der Waals surface area contributed by atoms with Gasteiger partial charge in [0.2, 0.25) is 0 Å². The van der Waals surface area contributed by atoms with Crippen LogP contribution in [0.25, 0.3) is 0 Å². The van der Waals surface area contributed by atoms with Gasteiger partial charge in [-0.25, -0.2) is 0 Å². The summed E-state index contributed by atoms with van der Waals surface area (Å²) in [6.45, 7) is 2.18. The fraction of sp³-hybridized carbons (Fsp3) is 1.00. The second-order valence-corrected chi connectivity index (χ2v) is 10.8. The van der Waals surface area contributed by atoms with Gasteiger partial charge in [0.05, 0.1) is 3.23 Å². The molecule has 84 valence electrons. The third-order valence-electron chi connectivity index (χ3n) is 2.86. The Labute approximate surface area is 120 Å². The van der Waals surface area contributed by atoms with Crippen molar-refractivity contribution in [3.63, 3.8) is 0 Å². The van der Waals surface area contributed by atoms with Crippen LogP contribution in [0.4, 0.5) is 0 Å². The van der Waals surface area contributed by atoms with E-state index in [1.165, 1.54) is 32.1 Å². The van der Waals surface area contributed by atoms with Gasteiger partial charge in [-0.3, -0.25) is 0 Å². The highest BCUT2D eigenvalue weighted by Crippen LogP contribution is 2.44. The summed E-state index contributed by atoms with van der Waals surface area (Å²) in [5.74, 6) is 0.840. The van der Waals surface area contributed by atoms with Crippen LogP contribution in [0.3, 0.4) is 0 Å². The van der Waals surface area contributed by atoms with Gasteiger partial charge in [-0.1, -0.05) is 83.5 Å². The second-order valence-electron chi connectivity index (χ2n) is 4.21. The first-order valence-corrected chi connectivity index (χ1v) is 8.49. The highest BCUT2D eigenvalue weighted by molar-refractivity contribution is 9.26. The first-order valence-electron chi connectivity index (χ1n) is 5.08. The predicted octanol–water partition coefficient (Wildman–Crippen LogP) is 5.60. The molecule has 3 unspecified atom stereocenters. The molecule has 0 nitrogen and oxygen atoms in total. The molecule has 1 saturated carbocycles. The van der Waals surface area contributed by atoms with Crippen molar-refractivity contribution in [3.8, 4) is 0 Å². The molecule has 1 aliphatic rings. The van der Waals surface area contributed by atoms with Gasteiger partial charge in [0, 0.05) is 9.65 Å². The summed E-state index contributed by atoms with van der Waals surface area (Å²) in [6, 6.07) is 0. The van der Waals surface area contributed by atoms with Crippen molar-refractivity contribution in [3.05, 3.63) is 0 Å². The fourth-order valence-corrected chi connectivity index (χ4v) is 3.91. The number of halogens is 4. The molecule has 0 bridgehead atoms. The molecule has 0 aromatic carbocycles. The van der Waals surface area contributed by atoms with Gasteiger partial charge in [-0.05, 0) is 25.2 Å². The lowest BCUT2D eigenvalue weighted by molar-refractivity contribution is 0.342. The van der Waals surface area contributed by atoms with E-state index in [4.69, 9.17) is 0 Å². The van der Waals surface area contributed by atoms with Crippen LogP contribution in [0.2, 0.25) is 0 Å². The third-order valence-corrected chi connectivity index (χ3v) is 7.72. The monoisotopic (exact) mass is 452 g/mol. The molecule has 3 atom stereocenters. The summed E-state index contributed by atoms with van der Waals surface area (Å²) >= 11 is 14.9. The van der Waals surface area contributed by atoms with Crippen LogP contribution in [-0.2, 0) is 0 Å². The van der Waals surface area contributed by atoms with Crippen LogP contribution in [0.1, 0.15) is 39.0 Å². The molecule has 0 aromatic heterocycles. The van der Waals surface area contributed by atoms with Gasteiger partial charge in [-0.15, -0.1) is 0 Å². The van der Waals surface area contributed by atoms with Gasteiger partial charge in [0.15, 0.2) is 0 Å². The average Bonchev–Trinajstić information content (AvgIpc) is 2.02. The minimum Gasteiger partial charge on any atom is -0.0891 e. The summed E-state index contributed by atoms with van der Waals surface area (Å²) in [7, 11) is 0. The largest absolute Gasteiger partial charge is 0.0929 e. The van der Waals surface area contributed by atoms with Crippen LogP contribution in [0.5, 0.6) is 0 Å². The Kier molecular flexibility index (Phi) is 6.01. The van der Waals surface area contributed by atoms with Crippen molar-refractivity contribution >= 4 is 63.7 Å². The molecule has 1 aliphatic carbocycles. The first-order chi connectivity index (χ1) is 6.42. The Morgan fingerprint density at radius 1 is 1.36 bits per heavy atom. The Bertz CT molecular complexity index is 179. The molecule has 0 saturated heterocycles. The van der Waals surface area contributed by atoms with Crippen LogP contribution >= 0.6 is 63.7 Å². The molecular formula is C10H16Br4. The van der Waals surface area contributed by atoms with Crippen molar-refractivity contribution in [2.45, 2.75) is 51.9 Å². The Morgan fingerprint density at radius 3 is 2.50 bits per heavy atom. The minimum absolute atomic E-state index is 0.0642. The van der Waals surface area contributed by atoms with Gasteiger partial charge in [-0.2, -0.15) is 0 Å². The van der Waals surface area contributed by atoms with E-state index in [2.05, 4.69) is 70.6 Å². The van der Waals surface area contributed by atoms with E-state index in [1.807, 2.05) is 0 Å². The molecule has 4 heteroatoms. The Balaban J connectivity index is 2.43. The lowest BCUT2D eigenvalue weighted by Gasteiger charge is -2.32. The topological polar surface area (TPSA) is 0 Å². The van der Waals surface area contributed by atoms with E-state index in [0.29, 0.717) is 4.83 Å². The van der Waals surface area contributed by atoms with E-state index in [1.54, 1.807) is 0 Å². The maximum atomic E-state index is 3.76. The van der Waals surface area contributed by atoms with E-state index < -0.39 is 0 Å². The second kappa shape index (κ2) is 6.02. The molecule has 0 radical (unpaired) electrons. The van der Waals surface area contributed by atoms with Crippen LogP contribution in [0.15, 0.2) is 0 Å². The zero-order valence-electron chi connectivity index (χ0n) is 8.28. The Hall–Kier alpha value is 1.92. The summed E-state index contributed by atoms with van der Waals surface area (Å²) in [6.07, 6.45) is 6.60. The van der Waals surface area contributed by atoms with Crippen LogP contribution < -0.4 is 0 Å². The van der Waals surface area contributed by atoms with Crippen LogP contribution in [0, 0.1) is 5.92 Å². The number of alkyl halides is 4. The third kappa shape index (κ3) is 4.42. The minimum atomic E-state index is 0.0642. The molecule has 0 aliphatic heterocycles. The number of rotatable bonds is 3. The molecule has 0 spiro atoms.